The van der Waals surface area contributed by atoms with Gasteiger partial charge in [-0.3, -0.25) is 14.7 Å². The average Bonchev–Trinajstić information content (AvgIpc) is 2.86. The number of hydrogen-bond acceptors (Lipinski definition) is 7. The number of carbonyl (C=O) groups is 2. The molecule has 5 N–H and O–H groups in total. The van der Waals surface area contributed by atoms with Gasteiger partial charge in [-0.25, -0.2) is 9.59 Å². The van der Waals surface area contributed by atoms with Crippen molar-refractivity contribution in [1.82, 2.24) is 24.3 Å². The fourth-order valence-electron chi connectivity index (χ4n) is 6.16. The molecule has 4 fully saturated rings. The van der Waals surface area contributed by atoms with E-state index in [1.807, 2.05) is 12.1 Å². The first kappa shape index (κ1) is 27.3. The maximum Gasteiger partial charge on any atom is 0.354 e. The summed E-state index contributed by atoms with van der Waals surface area (Å²) in [5.41, 5.74) is 14.0. The van der Waals surface area contributed by atoms with Gasteiger partial charge in [0.15, 0.2) is 0 Å². The van der Waals surface area contributed by atoms with Gasteiger partial charge in [0.05, 0.1) is 11.2 Å². The van der Waals surface area contributed by atoms with E-state index >= 15 is 0 Å². The largest absolute Gasteiger partial charge is 0.354 e. The molecule has 4 heterocycles. The summed E-state index contributed by atoms with van der Waals surface area (Å²) < 4.78 is 1.47. The van der Waals surface area contributed by atoms with Crippen molar-refractivity contribution in [3.05, 3.63) is 52.1 Å². The van der Waals surface area contributed by atoms with Crippen molar-refractivity contribution >= 4 is 17.8 Å². The number of nitrogens with zero attached hydrogens (tertiary/aromatic N) is 5. The zero-order valence-corrected chi connectivity index (χ0v) is 23.2. The number of rotatable bonds is 6. The minimum Gasteiger partial charge on any atom is -0.338 e. The van der Waals surface area contributed by atoms with E-state index < -0.39 is 11.2 Å². The number of nitrogens with one attached hydrogen (secondary N) is 1. The second kappa shape index (κ2) is 10.4. The highest BCUT2D eigenvalue weighted by atomic mass is 16.2. The van der Waals surface area contributed by atoms with E-state index in [4.69, 9.17) is 11.5 Å². The Bertz CT molecular complexity index is 1300. The molecule has 0 atom stereocenters. The Morgan fingerprint density at radius 3 is 2.44 bits per heavy atom. The second-order valence-corrected chi connectivity index (χ2v) is 12.1. The van der Waals surface area contributed by atoms with Crippen molar-refractivity contribution in [3.63, 3.8) is 0 Å². The Labute approximate surface area is 229 Å². The third-order valence-corrected chi connectivity index (χ3v) is 8.19. The number of amides is 3. The first-order valence-electron chi connectivity index (χ1n) is 13.8. The van der Waals surface area contributed by atoms with Crippen LogP contribution in [0.25, 0.3) is 5.69 Å². The van der Waals surface area contributed by atoms with Crippen LogP contribution < -0.4 is 22.5 Å². The van der Waals surface area contributed by atoms with Crippen molar-refractivity contribution in [3.8, 4) is 5.69 Å². The predicted octanol–water partition coefficient (Wildman–Crippen LogP) is 0.920. The van der Waals surface area contributed by atoms with Gasteiger partial charge in [0, 0.05) is 57.5 Å². The summed E-state index contributed by atoms with van der Waals surface area (Å²) in [5.74, 6) is 0.802. The van der Waals surface area contributed by atoms with Crippen LogP contribution in [0.3, 0.4) is 0 Å². The number of aryl methyl sites for hydroxylation is 1. The van der Waals surface area contributed by atoms with Crippen LogP contribution in [0.5, 0.6) is 0 Å². The number of carbonyl (C=O) groups excluding carboxylic acids is 2. The van der Waals surface area contributed by atoms with Crippen molar-refractivity contribution in [1.29, 1.82) is 0 Å². The van der Waals surface area contributed by atoms with Gasteiger partial charge >= 0.3 is 11.7 Å². The molecule has 3 saturated heterocycles. The molecular weight excluding hydrogens is 496 g/mol. The highest BCUT2D eigenvalue weighted by Crippen LogP contribution is 2.41. The zero-order valence-electron chi connectivity index (χ0n) is 23.2. The number of hydrogen-bond donors (Lipinski definition) is 3. The Balaban J connectivity index is 1.16. The molecule has 2 aromatic rings. The van der Waals surface area contributed by atoms with E-state index in [-0.39, 0.29) is 23.3 Å². The maximum absolute atomic E-state index is 12.8. The van der Waals surface area contributed by atoms with Gasteiger partial charge in [-0.15, -0.1) is 0 Å². The molecule has 39 heavy (non-hydrogen) atoms. The van der Waals surface area contributed by atoms with Crippen LogP contribution in [-0.2, 0) is 11.2 Å². The Hall–Kier alpha value is -3.28. The number of anilines is 1. The topological polar surface area (TPSA) is 143 Å². The minimum absolute atomic E-state index is 0.0267. The first-order valence-corrected chi connectivity index (χ1v) is 13.8. The molecule has 1 aromatic heterocycles. The van der Waals surface area contributed by atoms with Gasteiger partial charge in [0.2, 0.25) is 5.91 Å². The van der Waals surface area contributed by atoms with E-state index in [1.165, 1.54) is 10.1 Å². The lowest BCUT2D eigenvalue weighted by atomic mass is 9.65. The third kappa shape index (κ3) is 6.00. The van der Waals surface area contributed by atoms with Crippen molar-refractivity contribution in [2.75, 3.05) is 51.1 Å². The zero-order chi connectivity index (χ0) is 27.9. The first-order chi connectivity index (χ1) is 18.4. The Morgan fingerprint density at radius 2 is 1.82 bits per heavy atom. The molecular formula is C28H40N8O3. The van der Waals surface area contributed by atoms with E-state index in [9.17, 15) is 14.4 Å². The minimum atomic E-state index is -0.946. The van der Waals surface area contributed by atoms with Crippen LogP contribution in [0, 0.1) is 12.8 Å². The monoisotopic (exact) mass is 536 g/mol. The van der Waals surface area contributed by atoms with Crippen LogP contribution in [0.1, 0.15) is 37.8 Å². The van der Waals surface area contributed by atoms with Crippen molar-refractivity contribution in [2.24, 2.45) is 17.4 Å². The number of benzene rings is 1. The normalized spacial score (nSPS) is 23.4. The molecule has 3 amide bonds. The second-order valence-electron chi connectivity index (χ2n) is 12.1. The molecule has 0 radical (unpaired) electrons. The number of urea groups is 1. The Morgan fingerprint density at radius 1 is 1.13 bits per heavy atom. The molecule has 6 rings (SSSR count). The van der Waals surface area contributed by atoms with Crippen molar-refractivity contribution < 1.29 is 9.59 Å². The van der Waals surface area contributed by atoms with Gasteiger partial charge in [0.25, 0.3) is 0 Å². The average molecular weight is 537 g/mol. The molecule has 3 aliphatic heterocycles. The third-order valence-electron chi connectivity index (χ3n) is 8.19. The summed E-state index contributed by atoms with van der Waals surface area (Å²) in [6.45, 7) is 10.1. The lowest BCUT2D eigenvalue weighted by Gasteiger charge is -2.54. The van der Waals surface area contributed by atoms with E-state index in [0.717, 1.165) is 56.1 Å². The lowest BCUT2D eigenvalue weighted by molar-refractivity contribution is -0.137. The summed E-state index contributed by atoms with van der Waals surface area (Å²) in [6, 6.07) is 7.27. The number of aromatic nitrogens is 2. The lowest BCUT2D eigenvalue weighted by Crippen LogP contribution is -2.66. The van der Waals surface area contributed by atoms with Crippen molar-refractivity contribution in [2.45, 2.75) is 51.1 Å². The molecule has 1 aliphatic carbocycles. The fraction of sp³-hybridized carbons (Fsp3) is 0.571. The van der Waals surface area contributed by atoms with Gasteiger partial charge in [-0.2, -0.15) is 4.98 Å². The Kier molecular flexibility index (Phi) is 7.25. The summed E-state index contributed by atoms with van der Waals surface area (Å²) in [4.78, 5) is 47.7. The highest BCUT2D eigenvalue weighted by Gasteiger charge is 2.46. The summed E-state index contributed by atoms with van der Waals surface area (Å²) >= 11 is 0. The van der Waals surface area contributed by atoms with Crippen LogP contribution in [0.15, 0.2) is 35.3 Å². The van der Waals surface area contributed by atoms with E-state index in [1.54, 1.807) is 35.9 Å². The smallest absolute Gasteiger partial charge is 0.338 e. The van der Waals surface area contributed by atoms with E-state index in [2.05, 4.69) is 28.2 Å². The number of nitrogens with two attached hydrogens (primary N) is 2. The highest BCUT2D eigenvalue weighted by molar-refractivity contribution is 5.89. The maximum atomic E-state index is 12.8. The van der Waals surface area contributed by atoms with Crippen LogP contribution in [-0.4, -0.2) is 93.1 Å². The molecule has 4 aliphatic rings. The summed E-state index contributed by atoms with van der Waals surface area (Å²) in [7, 11) is 0. The molecule has 1 saturated carbocycles. The van der Waals surface area contributed by atoms with Gasteiger partial charge in [0.1, 0.15) is 5.82 Å². The number of fused-ring (bicyclic) bond motifs is 2. The van der Waals surface area contributed by atoms with Gasteiger partial charge in [-0.1, -0.05) is 6.07 Å². The summed E-state index contributed by atoms with van der Waals surface area (Å²) in [5, 5.41) is 2.70. The van der Waals surface area contributed by atoms with Gasteiger partial charge in [-0.05, 0) is 75.3 Å². The molecule has 2 bridgehead atoms. The number of piperazine rings is 1. The molecule has 0 spiro atoms. The molecule has 1 aromatic carbocycles. The SMILES string of the molecule is Cc1cc(-n2ccc(NC(=O)N3CCN(C(=O)C(C)(C)N)CC3)nc2=O)ccc1CCN1CC2CC(N)(C2)C1. The van der Waals surface area contributed by atoms with E-state index in [0.29, 0.717) is 26.2 Å². The fourth-order valence-corrected chi connectivity index (χ4v) is 6.16. The molecule has 0 unspecified atom stereocenters. The quantitative estimate of drug-likeness (QED) is 0.498. The predicted molar refractivity (Wildman–Crippen MR) is 150 cm³/mol. The standard InChI is InChI=1S/C28H40N8O3/c1-19-14-22(5-4-21(19)6-8-33-17-20-15-28(30,16-20)18-33)36-9-7-23(32-26(36)39)31-25(38)35-12-10-34(11-13-35)24(37)27(2,3)29/h4-5,7,9,14,20H,6,8,10-13,15-18,29-30H2,1-3H3,(H,31,32,38,39). The van der Waals surface area contributed by atoms with Crippen LogP contribution >= 0.6 is 0 Å². The van der Waals surface area contributed by atoms with Gasteiger partial charge < -0.3 is 26.2 Å². The van der Waals surface area contributed by atoms with Crippen LogP contribution in [0.2, 0.25) is 0 Å². The van der Waals surface area contributed by atoms with Crippen LogP contribution in [0.4, 0.5) is 10.6 Å². The molecule has 210 valence electrons. The molecule has 11 nitrogen and oxygen atoms in total. The molecule has 11 heteroatoms. The number of piperidine rings is 2. The summed E-state index contributed by atoms with van der Waals surface area (Å²) in [6.07, 6.45) is 4.89.